The Morgan fingerprint density at radius 2 is 1.90 bits per heavy atom. The van der Waals surface area contributed by atoms with Gasteiger partial charge in [0.2, 0.25) is 0 Å². The van der Waals surface area contributed by atoms with Gasteiger partial charge in [0.05, 0.1) is 12.7 Å². The summed E-state index contributed by atoms with van der Waals surface area (Å²) >= 11 is 0. The second kappa shape index (κ2) is 6.61. The first-order chi connectivity index (χ1) is 9.61. The minimum Gasteiger partial charge on any atom is -0.497 e. The van der Waals surface area contributed by atoms with Crippen molar-refractivity contribution in [1.29, 1.82) is 0 Å². The number of hydrogen-bond donors (Lipinski definition) is 3. The summed E-state index contributed by atoms with van der Waals surface area (Å²) in [7, 11) is 1.62. The van der Waals surface area contributed by atoms with Crippen LogP contribution in [0.1, 0.15) is 31.2 Å². The van der Waals surface area contributed by atoms with Gasteiger partial charge in [0.1, 0.15) is 5.75 Å². The van der Waals surface area contributed by atoms with E-state index in [4.69, 9.17) is 4.74 Å². The molecular formula is C15H22N2O3. The van der Waals surface area contributed by atoms with Crippen molar-refractivity contribution in [3.05, 3.63) is 29.8 Å². The molecule has 0 saturated heterocycles. The highest BCUT2D eigenvalue weighted by Crippen LogP contribution is 2.28. The number of rotatable bonds is 5. The third-order valence-corrected chi connectivity index (χ3v) is 3.72. The van der Waals surface area contributed by atoms with Crippen LogP contribution in [0.4, 0.5) is 4.79 Å². The first-order valence-corrected chi connectivity index (χ1v) is 6.98. The molecule has 3 N–H and O–H groups in total. The molecule has 0 aromatic heterocycles. The van der Waals surface area contributed by atoms with Crippen molar-refractivity contribution in [2.45, 2.75) is 37.8 Å². The molecule has 1 aromatic rings. The summed E-state index contributed by atoms with van der Waals surface area (Å²) in [5, 5.41) is 15.6. The van der Waals surface area contributed by atoms with Crippen LogP contribution in [0.15, 0.2) is 24.3 Å². The van der Waals surface area contributed by atoms with E-state index in [0.717, 1.165) is 37.0 Å². The van der Waals surface area contributed by atoms with Gasteiger partial charge in [-0.25, -0.2) is 4.79 Å². The number of ether oxygens (including phenoxy) is 1. The van der Waals surface area contributed by atoms with Crippen LogP contribution in [0.3, 0.4) is 0 Å². The molecule has 1 aliphatic rings. The van der Waals surface area contributed by atoms with Crippen LogP contribution in [0.2, 0.25) is 0 Å². The highest BCUT2D eigenvalue weighted by atomic mass is 16.5. The monoisotopic (exact) mass is 278 g/mol. The fraction of sp³-hybridized carbons (Fsp3) is 0.533. The molecule has 1 aliphatic carbocycles. The molecule has 1 fully saturated rings. The molecule has 0 atom stereocenters. The van der Waals surface area contributed by atoms with E-state index in [9.17, 15) is 9.90 Å². The minimum absolute atomic E-state index is 0.249. The highest BCUT2D eigenvalue weighted by Gasteiger charge is 2.31. The second-order valence-electron chi connectivity index (χ2n) is 5.32. The fourth-order valence-corrected chi connectivity index (χ4v) is 2.44. The zero-order valence-electron chi connectivity index (χ0n) is 11.8. The largest absolute Gasteiger partial charge is 0.497 e. The SMILES string of the molecule is COc1ccc(CNC(=O)NCC2(O)CCCC2)cc1. The van der Waals surface area contributed by atoms with E-state index in [-0.39, 0.29) is 6.03 Å². The summed E-state index contributed by atoms with van der Waals surface area (Å²) in [4.78, 5) is 11.7. The number of nitrogens with one attached hydrogen (secondary N) is 2. The summed E-state index contributed by atoms with van der Waals surface area (Å²) in [5.74, 6) is 0.793. The van der Waals surface area contributed by atoms with Crippen LogP contribution in [-0.4, -0.2) is 30.4 Å². The maximum Gasteiger partial charge on any atom is 0.315 e. The van der Waals surface area contributed by atoms with E-state index < -0.39 is 5.60 Å². The lowest BCUT2D eigenvalue weighted by atomic mass is 10.0. The first-order valence-electron chi connectivity index (χ1n) is 6.98. The molecule has 110 valence electrons. The standard InChI is InChI=1S/C15H22N2O3/c1-20-13-6-4-12(5-7-13)10-16-14(18)17-11-15(19)8-2-3-9-15/h4-7,19H,2-3,8-11H2,1H3,(H2,16,17,18). The molecule has 0 unspecified atom stereocenters. The maximum absolute atomic E-state index is 11.7. The molecule has 0 bridgehead atoms. The molecule has 0 spiro atoms. The Balaban J connectivity index is 1.71. The van der Waals surface area contributed by atoms with Gasteiger partial charge in [-0.15, -0.1) is 0 Å². The van der Waals surface area contributed by atoms with Gasteiger partial charge in [0.25, 0.3) is 0 Å². The van der Waals surface area contributed by atoms with Crippen molar-refractivity contribution < 1.29 is 14.6 Å². The van der Waals surface area contributed by atoms with Crippen LogP contribution in [0, 0.1) is 0 Å². The van der Waals surface area contributed by atoms with E-state index >= 15 is 0 Å². The lowest BCUT2D eigenvalue weighted by Gasteiger charge is -2.22. The smallest absolute Gasteiger partial charge is 0.315 e. The number of carbonyl (C=O) groups excluding carboxylic acids is 1. The molecular weight excluding hydrogens is 256 g/mol. The van der Waals surface area contributed by atoms with Crippen molar-refractivity contribution in [1.82, 2.24) is 10.6 Å². The van der Waals surface area contributed by atoms with E-state index in [0.29, 0.717) is 13.1 Å². The van der Waals surface area contributed by atoms with E-state index in [1.807, 2.05) is 24.3 Å². The van der Waals surface area contributed by atoms with Crippen molar-refractivity contribution in [2.24, 2.45) is 0 Å². The van der Waals surface area contributed by atoms with Gasteiger partial charge in [-0.1, -0.05) is 25.0 Å². The Morgan fingerprint density at radius 3 is 2.50 bits per heavy atom. The first kappa shape index (κ1) is 14.7. The number of carbonyl (C=O) groups is 1. The molecule has 0 heterocycles. The summed E-state index contributed by atoms with van der Waals surface area (Å²) in [6.07, 6.45) is 3.61. The lowest BCUT2D eigenvalue weighted by molar-refractivity contribution is 0.0501. The lowest BCUT2D eigenvalue weighted by Crippen LogP contribution is -2.44. The Labute approximate surface area is 119 Å². The van der Waals surface area contributed by atoms with Gasteiger partial charge in [0.15, 0.2) is 0 Å². The predicted octanol–water partition coefficient (Wildman–Crippen LogP) is 1.80. The fourth-order valence-electron chi connectivity index (χ4n) is 2.44. The van der Waals surface area contributed by atoms with Gasteiger partial charge >= 0.3 is 6.03 Å². The summed E-state index contributed by atoms with van der Waals surface area (Å²) in [6.45, 7) is 0.774. The number of hydrogen-bond acceptors (Lipinski definition) is 3. The summed E-state index contributed by atoms with van der Waals surface area (Å²) in [5.41, 5.74) is 0.290. The molecule has 5 nitrogen and oxygen atoms in total. The normalized spacial score (nSPS) is 16.7. The van der Waals surface area contributed by atoms with E-state index in [2.05, 4.69) is 10.6 Å². The Kier molecular flexibility index (Phi) is 4.84. The molecule has 1 aromatic carbocycles. The topological polar surface area (TPSA) is 70.6 Å². The second-order valence-corrected chi connectivity index (χ2v) is 5.32. The molecule has 20 heavy (non-hydrogen) atoms. The molecule has 0 radical (unpaired) electrons. The number of amides is 2. The quantitative estimate of drug-likeness (QED) is 0.769. The van der Waals surface area contributed by atoms with Gasteiger partial charge in [-0.3, -0.25) is 0 Å². The van der Waals surface area contributed by atoms with Crippen molar-refractivity contribution in [2.75, 3.05) is 13.7 Å². The average Bonchev–Trinajstić information content (AvgIpc) is 2.91. The molecule has 0 aliphatic heterocycles. The third kappa shape index (κ3) is 4.13. The van der Waals surface area contributed by atoms with E-state index in [1.165, 1.54) is 0 Å². The van der Waals surface area contributed by atoms with Gasteiger partial charge in [-0.2, -0.15) is 0 Å². The maximum atomic E-state index is 11.7. The van der Waals surface area contributed by atoms with E-state index in [1.54, 1.807) is 7.11 Å². The van der Waals surface area contributed by atoms with Gasteiger partial charge in [0, 0.05) is 13.1 Å². The van der Waals surface area contributed by atoms with Crippen molar-refractivity contribution in [3.8, 4) is 5.75 Å². The average molecular weight is 278 g/mol. The number of methoxy groups -OCH3 is 1. The summed E-state index contributed by atoms with van der Waals surface area (Å²) in [6, 6.07) is 7.28. The van der Waals surface area contributed by atoms with Crippen LogP contribution in [-0.2, 0) is 6.54 Å². The van der Waals surface area contributed by atoms with Crippen molar-refractivity contribution in [3.63, 3.8) is 0 Å². The number of urea groups is 1. The van der Waals surface area contributed by atoms with Crippen LogP contribution in [0.25, 0.3) is 0 Å². The van der Waals surface area contributed by atoms with Crippen molar-refractivity contribution >= 4 is 6.03 Å². The Bertz CT molecular complexity index is 439. The Morgan fingerprint density at radius 1 is 1.25 bits per heavy atom. The highest BCUT2D eigenvalue weighted by molar-refractivity contribution is 5.73. The van der Waals surface area contributed by atoms with Crippen LogP contribution in [0.5, 0.6) is 5.75 Å². The molecule has 5 heteroatoms. The molecule has 2 rings (SSSR count). The van der Waals surface area contributed by atoms with Gasteiger partial charge < -0.3 is 20.5 Å². The number of aliphatic hydroxyl groups is 1. The minimum atomic E-state index is -0.711. The van der Waals surface area contributed by atoms with Crippen LogP contribution < -0.4 is 15.4 Å². The molecule has 2 amide bonds. The summed E-state index contributed by atoms with van der Waals surface area (Å²) < 4.78 is 5.07. The Hall–Kier alpha value is -1.75. The number of benzene rings is 1. The zero-order chi connectivity index (χ0) is 14.4. The molecule has 1 saturated carbocycles. The third-order valence-electron chi connectivity index (χ3n) is 3.72. The zero-order valence-corrected chi connectivity index (χ0v) is 11.8. The predicted molar refractivity (Wildman–Crippen MR) is 76.7 cm³/mol. The van der Waals surface area contributed by atoms with Gasteiger partial charge in [-0.05, 0) is 30.5 Å². The van der Waals surface area contributed by atoms with Crippen LogP contribution >= 0.6 is 0 Å².